The van der Waals surface area contributed by atoms with Gasteiger partial charge in [-0.3, -0.25) is 14.3 Å². The molecule has 1 aromatic carbocycles. The summed E-state index contributed by atoms with van der Waals surface area (Å²) in [5.41, 5.74) is -0.357. The molecule has 138 valence electrons. The molecule has 7 nitrogen and oxygen atoms in total. The minimum atomic E-state index is -3.70. The monoisotopic (exact) mass is 394 g/mol. The molecule has 3 rings (SSSR count). The summed E-state index contributed by atoms with van der Waals surface area (Å²) in [6.45, 7) is 2.10. The molecule has 1 fully saturated rings. The molecule has 0 radical (unpaired) electrons. The number of hydrogen-bond acceptors (Lipinski definition) is 5. The second kappa shape index (κ2) is 6.73. The number of rotatable bonds is 5. The molecule has 1 aromatic heterocycles. The summed E-state index contributed by atoms with van der Waals surface area (Å²) in [7, 11) is -3.70. The van der Waals surface area contributed by atoms with Crippen molar-refractivity contribution in [1.82, 2.24) is 4.90 Å². The SMILES string of the molecule is CC1(C(=O)O)CCN(C(=O)c2cccc(NS(=O)(=O)c3cccs3)c2)C1. The molecule has 2 N–H and O–H groups in total. The van der Waals surface area contributed by atoms with Gasteiger partial charge in [0.2, 0.25) is 0 Å². The third-order valence-electron chi connectivity index (χ3n) is 4.40. The maximum absolute atomic E-state index is 12.7. The Bertz CT molecular complexity index is 940. The minimum absolute atomic E-state index is 0.131. The Kier molecular flexibility index (Phi) is 4.76. The number of carbonyl (C=O) groups is 2. The summed E-state index contributed by atoms with van der Waals surface area (Å²) >= 11 is 1.10. The van der Waals surface area contributed by atoms with E-state index >= 15 is 0 Å². The summed E-state index contributed by atoms with van der Waals surface area (Å²) in [6.07, 6.45) is 0.388. The van der Waals surface area contributed by atoms with Crippen molar-refractivity contribution in [3.05, 3.63) is 47.3 Å². The van der Waals surface area contributed by atoms with Gasteiger partial charge < -0.3 is 10.0 Å². The van der Waals surface area contributed by atoms with Crippen molar-refractivity contribution in [2.75, 3.05) is 17.8 Å². The summed E-state index contributed by atoms with van der Waals surface area (Å²) in [6, 6.07) is 9.34. The lowest BCUT2D eigenvalue weighted by atomic mass is 9.90. The Morgan fingerprint density at radius 1 is 1.27 bits per heavy atom. The number of benzene rings is 1. The van der Waals surface area contributed by atoms with Crippen molar-refractivity contribution < 1.29 is 23.1 Å². The predicted molar refractivity (Wildman–Crippen MR) is 97.8 cm³/mol. The predicted octanol–water partition coefficient (Wildman–Crippen LogP) is 2.49. The highest BCUT2D eigenvalue weighted by atomic mass is 32.2. The van der Waals surface area contributed by atoms with Crippen molar-refractivity contribution in [2.24, 2.45) is 5.41 Å². The van der Waals surface area contributed by atoms with Crippen LogP contribution in [0.5, 0.6) is 0 Å². The first kappa shape index (κ1) is 18.4. The Balaban J connectivity index is 1.78. The van der Waals surface area contributed by atoms with E-state index in [9.17, 15) is 23.1 Å². The van der Waals surface area contributed by atoms with E-state index in [1.54, 1.807) is 36.6 Å². The number of carboxylic acid groups (broad SMARTS) is 1. The zero-order valence-electron chi connectivity index (χ0n) is 14.0. The molecule has 26 heavy (non-hydrogen) atoms. The first-order chi connectivity index (χ1) is 12.2. The second-order valence-corrected chi connectivity index (χ2v) is 9.32. The normalized spacial score (nSPS) is 20.1. The van der Waals surface area contributed by atoms with Gasteiger partial charge in [-0.25, -0.2) is 8.42 Å². The first-order valence-electron chi connectivity index (χ1n) is 7.90. The quantitative estimate of drug-likeness (QED) is 0.811. The number of likely N-dealkylation sites (tertiary alicyclic amines) is 1. The highest BCUT2D eigenvalue weighted by Crippen LogP contribution is 2.31. The average Bonchev–Trinajstić information content (AvgIpc) is 3.25. The number of aliphatic carboxylic acids is 1. The van der Waals surface area contributed by atoms with Crippen LogP contribution in [0.1, 0.15) is 23.7 Å². The number of amides is 1. The van der Waals surface area contributed by atoms with Gasteiger partial charge in [0.25, 0.3) is 15.9 Å². The highest BCUT2D eigenvalue weighted by Gasteiger charge is 2.42. The molecule has 1 aliphatic heterocycles. The van der Waals surface area contributed by atoms with Crippen molar-refractivity contribution in [2.45, 2.75) is 17.6 Å². The van der Waals surface area contributed by atoms with Crippen LogP contribution >= 0.6 is 11.3 Å². The van der Waals surface area contributed by atoms with E-state index in [0.717, 1.165) is 11.3 Å². The summed E-state index contributed by atoms with van der Waals surface area (Å²) in [5, 5.41) is 11.0. The van der Waals surface area contributed by atoms with E-state index in [2.05, 4.69) is 4.72 Å². The molecule has 1 atom stereocenters. The molecule has 0 saturated carbocycles. The number of sulfonamides is 1. The molecule has 0 aliphatic carbocycles. The average molecular weight is 394 g/mol. The zero-order valence-corrected chi connectivity index (χ0v) is 15.6. The van der Waals surface area contributed by atoms with Gasteiger partial charge in [-0.1, -0.05) is 12.1 Å². The maximum atomic E-state index is 12.7. The van der Waals surface area contributed by atoms with E-state index in [0.29, 0.717) is 18.5 Å². The third-order valence-corrected chi connectivity index (χ3v) is 7.18. The van der Waals surface area contributed by atoms with Gasteiger partial charge in [0.1, 0.15) is 4.21 Å². The standard InChI is InChI=1S/C17H18N2O5S2/c1-17(16(21)22)7-8-19(11-17)15(20)12-4-2-5-13(10-12)18-26(23,24)14-6-3-9-25-14/h2-6,9-10,18H,7-8,11H2,1H3,(H,21,22). The van der Waals surface area contributed by atoms with Crippen molar-refractivity contribution in [3.63, 3.8) is 0 Å². The molecule has 0 spiro atoms. The van der Waals surface area contributed by atoms with Crippen LogP contribution in [0.15, 0.2) is 46.0 Å². The molecule has 9 heteroatoms. The van der Waals surface area contributed by atoms with Crippen LogP contribution in [0, 0.1) is 5.41 Å². The lowest BCUT2D eigenvalue weighted by Gasteiger charge is -2.20. The number of nitrogens with zero attached hydrogens (tertiary/aromatic N) is 1. The Labute approximate surface area is 155 Å². The van der Waals surface area contributed by atoms with Crippen LogP contribution < -0.4 is 4.72 Å². The number of carbonyl (C=O) groups excluding carboxylic acids is 1. The minimum Gasteiger partial charge on any atom is -0.481 e. The van der Waals surface area contributed by atoms with Gasteiger partial charge in [-0.05, 0) is 43.0 Å². The molecule has 2 aromatic rings. The van der Waals surface area contributed by atoms with Crippen LogP contribution in [-0.4, -0.2) is 43.4 Å². The van der Waals surface area contributed by atoms with Crippen LogP contribution in [0.3, 0.4) is 0 Å². The lowest BCUT2D eigenvalue weighted by Crippen LogP contribution is -2.34. The molecular weight excluding hydrogens is 376 g/mol. The highest BCUT2D eigenvalue weighted by molar-refractivity contribution is 7.94. The van der Waals surface area contributed by atoms with Gasteiger partial charge in [-0.15, -0.1) is 11.3 Å². The zero-order chi connectivity index (χ0) is 18.9. The summed E-state index contributed by atoms with van der Waals surface area (Å²) in [4.78, 5) is 25.5. The lowest BCUT2D eigenvalue weighted by molar-refractivity contribution is -0.147. The van der Waals surface area contributed by atoms with E-state index < -0.39 is 21.4 Å². The number of nitrogens with one attached hydrogen (secondary N) is 1. The van der Waals surface area contributed by atoms with E-state index in [1.807, 2.05) is 0 Å². The fraction of sp³-hybridized carbons (Fsp3) is 0.294. The molecular formula is C17H18N2O5S2. The molecule has 1 amide bonds. The van der Waals surface area contributed by atoms with E-state index in [-0.39, 0.29) is 22.3 Å². The number of thiophene rings is 1. The van der Waals surface area contributed by atoms with Crippen molar-refractivity contribution in [3.8, 4) is 0 Å². The summed E-state index contributed by atoms with van der Waals surface area (Å²) < 4.78 is 27.2. The molecule has 1 saturated heterocycles. The fourth-order valence-corrected chi connectivity index (χ4v) is 4.87. The van der Waals surface area contributed by atoms with Crippen molar-refractivity contribution >= 4 is 38.9 Å². The van der Waals surface area contributed by atoms with Gasteiger partial charge >= 0.3 is 5.97 Å². The van der Waals surface area contributed by atoms with Crippen LogP contribution in [-0.2, 0) is 14.8 Å². The van der Waals surface area contributed by atoms with E-state index in [1.165, 1.54) is 17.0 Å². The first-order valence-corrected chi connectivity index (χ1v) is 10.3. The van der Waals surface area contributed by atoms with Crippen molar-refractivity contribution in [1.29, 1.82) is 0 Å². The van der Waals surface area contributed by atoms with E-state index in [4.69, 9.17) is 0 Å². The largest absolute Gasteiger partial charge is 0.481 e. The molecule has 1 aliphatic rings. The third kappa shape index (κ3) is 3.58. The van der Waals surface area contributed by atoms with Crippen LogP contribution in [0.4, 0.5) is 5.69 Å². The smallest absolute Gasteiger partial charge is 0.311 e. The Morgan fingerprint density at radius 2 is 2.04 bits per heavy atom. The molecule has 2 heterocycles. The molecule has 0 bridgehead atoms. The van der Waals surface area contributed by atoms with Gasteiger partial charge in [0, 0.05) is 24.3 Å². The topological polar surface area (TPSA) is 104 Å². The fourth-order valence-electron chi connectivity index (χ4n) is 2.83. The van der Waals surface area contributed by atoms with Gasteiger partial charge in [0.15, 0.2) is 0 Å². The number of anilines is 1. The molecule has 1 unspecified atom stereocenters. The number of carboxylic acids is 1. The van der Waals surface area contributed by atoms with Crippen LogP contribution in [0.2, 0.25) is 0 Å². The van der Waals surface area contributed by atoms with Crippen LogP contribution in [0.25, 0.3) is 0 Å². The summed E-state index contributed by atoms with van der Waals surface area (Å²) in [5.74, 6) is -1.24. The van der Waals surface area contributed by atoms with Gasteiger partial charge in [0.05, 0.1) is 5.41 Å². The Morgan fingerprint density at radius 3 is 2.65 bits per heavy atom. The second-order valence-electron chi connectivity index (χ2n) is 6.46. The maximum Gasteiger partial charge on any atom is 0.311 e. The Hall–Kier alpha value is -2.39. The number of hydrogen-bond donors (Lipinski definition) is 2. The van der Waals surface area contributed by atoms with Gasteiger partial charge in [-0.2, -0.15) is 0 Å².